The molecule has 1 fully saturated rings. The molecule has 11 nitrogen and oxygen atoms in total. The van der Waals surface area contributed by atoms with E-state index in [2.05, 4.69) is 9.72 Å². The monoisotopic (exact) mass is 522 g/mol. The maximum atomic E-state index is 13.6. The number of benzene rings is 2. The summed E-state index contributed by atoms with van der Waals surface area (Å²) in [6.07, 6.45) is 2.75. The minimum absolute atomic E-state index is 0.0684. The zero-order chi connectivity index (χ0) is 26.7. The lowest BCUT2D eigenvalue weighted by molar-refractivity contribution is -0.384. The van der Waals surface area contributed by atoms with Gasteiger partial charge in [-0.1, -0.05) is 17.7 Å². The molecule has 0 spiro atoms. The second-order valence-corrected chi connectivity index (χ2v) is 8.45. The summed E-state index contributed by atoms with van der Waals surface area (Å²) in [6, 6.07) is 11.4. The summed E-state index contributed by atoms with van der Waals surface area (Å²) in [4.78, 5) is 68.5. The summed E-state index contributed by atoms with van der Waals surface area (Å²) in [5.41, 5.74) is 0.511. The maximum absolute atomic E-state index is 13.6. The molecule has 3 aromatic rings. The van der Waals surface area contributed by atoms with Crippen LogP contribution in [-0.2, 0) is 20.9 Å². The molecule has 1 unspecified atom stereocenters. The number of anilines is 1. The van der Waals surface area contributed by atoms with Gasteiger partial charge in [0.1, 0.15) is 11.1 Å². The van der Waals surface area contributed by atoms with Crippen molar-refractivity contribution in [1.29, 1.82) is 0 Å². The summed E-state index contributed by atoms with van der Waals surface area (Å²) in [7, 11) is 1.23. The average Bonchev–Trinajstić information content (AvgIpc) is 3.20. The van der Waals surface area contributed by atoms with Crippen LogP contribution < -0.4 is 4.90 Å². The summed E-state index contributed by atoms with van der Waals surface area (Å²) in [5.74, 6) is -2.48. The Hall–Kier alpha value is -4.64. The summed E-state index contributed by atoms with van der Waals surface area (Å²) < 4.78 is 4.66. The molecule has 2 aromatic carbocycles. The van der Waals surface area contributed by atoms with Gasteiger partial charge in [-0.15, -0.1) is 0 Å². The van der Waals surface area contributed by atoms with Gasteiger partial charge in [0.25, 0.3) is 17.5 Å². The topological polar surface area (TPSA) is 140 Å². The van der Waals surface area contributed by atoms with Gasteiger partial charge in [-0.2, -0.15) is 0 Å². The largest absolute Gasteiger partial charge is 0.465 e. The number of carbonyl (C=O) groups excluding carboxylic acids is 4. The highest BCUT2D eigenvalue weighted by atomic mass is 35.5. The van der Waals surface area contributed by atoms with Gasteiger partial charge in [-0.3, -0.25) is 29.5 Å². The average molecular weight is 523 g/mol. The maximum Gasteiger partial charge on any atom is 0.337 e. The molecule has 0 bridgehead atoms. The van der Waals surface area contributed by atoms with Gasteiger partial charge in [0, 0.05) is 30.6 Å². The Balaban J connectivity index is 1.69. The van der Waals surface area contributed by atoms with Crippen molar-refractivity contribution in [1.82, 2.24) is 9.88 Å². The molecule has 0 saturated carbocycles. The molecule has 2 heterocycles. The van der Waals surface area contributed by atoms with E-state index in [9.17, 15) is 29.3 Å². The number of hydrogen-bond donors (Lipinski definition) is 0. The molecule has 1 aromatic heterocycles. The number of esters is 1. The Bertz CT molecular complexity index is 1400. The van der Waals surface area contributed by atoms with Crippen LogP contribution in [0.25, 0.3) is 0 Å². The zero-order valence-electron chi connectivity index (χ0n) is 19.4. The van der Waals surface area contributed by atoms with Crippen LogP contribution >= 0.6 is 11.6 Å². The van der Waals surface area contributed by atoms with Gasteiger partial charge in [0.05, 0.1) is 29.7 Å². The number of ether oxygens (including phenoxy) is 1. The molecule has 1 atom stereocenters. The van der Waals surface area contributed by atoms with E-state index in [-0.39, 0.29) is 34.8 Å². The highest BCUT2D eigenvalue weighted by Gasteiger charge is 2.44. The standard InChI is InChI=1S/C25H19ClN4O7/c1-37-25(34)16-4-7-18(8-5-16)29-22(31)12-21(24(29)33)28(14-15-3-2-10-27-13-15)23(32)17-6-9-19(26)20(11-17)30(35)36/h2-11,13,21H,12,14H2,1H3. The van der Waals surface area contributed by atoms with E-state index in [1.165, 1.54) is 54.6 Å². The Labute approximate surface area is 215 Å². The van der Waals surface area contributed by atoms with Crippen molar-refractivity contribution in [2.45, 2.75) is 19.0 Å². The number of imide groups is 1. The van der Waals surface area contributed by atoms with Crippen LogP contribution in [0.3, 0.4) is 0 Å². The molecule has 4 rings (SSSR count). The number of aromatic nitrogens is 1. The number of halogens is 1. The molecule has 188 valence electrons. The third-order valence-corrected chi connectivity index (χ3v) is 6.09. The summed E-state index contributed by atoms with van der Waals surface area (Å²) in [6.45, 7) is -0.0814. The van der Waals surface area contributed by atoms with Crippen molar-refractivity contribution < 1.29 is 28.8 Å². The lowest BCUT2D eigenvalue weighted by Gasteiger charge is -2.28. The number of methoxy groups -OCH3 is 1. The van der Waals surface area contributed by atoms with Gasteiger partial charge in [-0.25, -0.2) is 9.69 Å². The number of nitro groups is 1. The van der Waals surface area contributed by atoms with Crippen LogP contribution in [0, 0.1) is 10.1 Å². The Morgan fingerprint density at radius 3 is 2.49 bits per heavy atom. The fraction of sp³-hybridized carbons (Fsp3) is 0.160. The molecule has 1 aliphatic rings. The first-order valence-electron chi connectivity index (χ1n) is 10.9. The van der Waals surface area contributed by atoms with Crippen molar-refractivity contribution in [2.24, 2.45) is 0 Å². The molecule has 0 radical (unpaired) electrons. The fourth-order valence-corrected chi connectivity index (χ4v) is 4.14. The van der Waals surface area contributed by atoms with E-state index >= 15 is 0 Å². The molecule has 12 heteroatoms. The molecule has 1 saturated heterocycles. The second-order valence-electron chi connectivity index (χ2n) is 8.04. The van der Waals surface area contributed by atoms with Gasteiger partial charge >= 0.3 is 5.97 Å². The van der Waals surface area contributed by atoms with Gasteiger partial charge in [-0.05, 0) is 48.0 Å². The van der Waals surface area contributed by atoms with Gasteiger partial charge in [0.2, 0.25) is 5.91 Å². The molecule has 0 N–H and O–H groups in total. The molecule has 37 heavy (non-hydrogen) atoms. The molecule has 1 aliphatic heterocycles. The van der Waals surface area contributed by atoms with Crippen LogP contribution in [0.1, 0.15) is 32.7 Å². The lowest BCUT2D eigenvalue weighted by Crippen LogP contribution is -2.45. The van der Waals surface area contributed by atoms with Crippen molar-refractivity contribution in [3.63, 3.8) is 0 Å². The lowest BCUT2D eigenvalue weighted by atomic mass is 10.1. The SMILES string of the molecule is COC(=O)c1ccc(N2C(=O)CC(N(Cc3cccnc3)C(=O)c3ccc(Cl)c([N+](=O)[O-])c3)C2=O)cc1. The summed E-state index contributed by atoms with van der Waals surface area (Å²) in [5, 5.41) is 11.2. The number of pyridine rings is 1. The van der Waals surface area contributed by atoms with Crippen molar-refractivity contribution >= 4 is 46.7 Å². The molecular formula is C25H19ClN4O7. The predicted molar refractivity (Wildman–Crippen MR) is 131 cm³/mol. The van der Waals surface area contributed by atoms with Crippen LogP contribution in [0.5, 0.6) is 0 Å². The Morgan fingerprint density at radius 1 is 1.16 bits per heavy atom. The van der Waals surface area contributed by atoms with Crippen LogP contribution in [0.4, 0.5) is 11.4 Å². The van der Waals surface area contributed by atoms with Crippen molar-refractivity contribution in [3.8, 4) is 0 Å². The third kappa shape index (κ3) is 5.16. The Kier molecular flexibility index (Phi) is 7.25. The Morgan fingerprint density at radius 2 is 1.86 bits per heavy atom. The second kappa shape index (κ2) is 10.5. The van der Waals surface area contributed by atoms with Crippen molar-refractivity contribution in [2.75, 3.05) is 12.0 Å². The van der Waals surface area contributed by atoms with Crippen LogP contribution in [0.2, 0.25) is 5.02 Å². The van der Waals surface area contributed by atoms with Crippen molar-refractivity contribution in [3.05, 3.63) is 98.8 Å². The third-order valence-electron chi connectivity index (χ3n) is 5.77. The number of amides is 3. The first kappa shape index (κ1) is 25.5. The molecular weight excluding hydrogens is 504 g/mol. The van der Waals surface area contributed by atoms with Crippen LogP contribution in [0.15, 0.2) is 67.0 Å². The highest BCUT2D eigenvalue weighted by Crippen LogP contribution is 2.30. The van der Waals surface area contributed by atoms with Gasteiger partial charge < -0.3 is 9.64 Å². The summed E-state index contributed by atoms with van der Waals surface area (Å²) >= 11 is 5.89. The van der Waals surface area contributed by atoms with Crippen LogP contribution in [-0.4, -0.2) is 51.6 Å². The zero-order valence-corrected chi connectivity index (χ0v) is 20.1. The first-order valence-corrected chi connectivity index (χ1v) is 11.3. The predicted octanol–water partition coefficient (Wildman–Crippen LogP) is 3.40. The van der Waals surface area contributed by atoms with E-state index in [1.807, 2.05) is 0 Å². The molecule has 0 aliphatic carbocycles. The van der Waals surface area contributed by atoms with Gasteiger partial charge in [0.15, 0.2) is 0 Å². The molecule has 3 amide bonds. The van der Waals surface area contributed by atoms with E-state index in [1.54, 1.807) is 18.3 Å². The normalized spacial score (nSPS) is 15.0. The van der Waals surface area contributed by atoms with E-state index in [0.717, 1.165) is 11.0 Å². The van der Waals surface area contributed by atoms with E-state index in [4.69, 9.17) is 11.6 Å². The minimum Gasteiger partial charge on any atom is -0.465 e. The minimum atomic E-state index is -1.18. The fourth-order valence-electron chi connectivity index (χ4n) is 3.96. The number of hydrogen-bond acceptors (Lipinski definition) is 8. The quantitative estimate of drug-likeness (QED) is 0.199. The smallest absolute Gasteiger partial charge is 0.337 e. The highest BCUT2D eigenvalue weighted by molar-refractivity contribution is 6.32. The number of nitro benzene ring substituents is 1. The van der Waals surface area contributed by atoms with E-state index < -0.39 is 40.3 Å². The number of rotatable bonds is 7. The number of nitrogens with zero attached hydrogens (tertiary/aromatic N) is 4. The van der Waals surface area contributed by atoms with E-state index in [0.29, 0.717) is 5.56 Å². The first-order chi connectivity index (χ1) is 17.7. The number of carbonyl (C=O) groups is 4.